The van der Waals surface area contributed by atoms with Crippen LogP contribution in [0.4, 0.5) is 4.79 Å². The molecule has 0 fully saturated rings. The molecule has 170 valence electrons. The molecule has 1 aliphatic carbocycles. The van der Waals surface area contributed by atoms with Crippen molar-refractivity contribution in [3.05, 3.63) is 59.7 Å². The van der Waals surface area contributed by atoms with Crippen LogP contribution in [-0.2, 0) is 14.3 Å². The van der Waals surface area contributed by atoms with Crippen molar-refractivity contribution >= 4 is 18.0 Å². The van der Waals surface area contributed by atoms with Crippen molar-refractivity contribution in [1.82, 2.24) is 10.2 Å². The molecule has 2 atom stereocenters. The number of fused-ring (bicyclic) bond motifs is 3. The highest BCUT2D eigenvalue weighted by Gasteiger charge is 2.37. The fourth-order valence-corrected chi connectivity index (χ4v) is 4.04. The van der Waals surface area contributed by atoms with Crippen molar-refractivity contribution < 1.29 is 24.2 Å². The van der Waals surface area contributed by atoms with Gasteiger partial charge in [0.2, 0.25) is 5.91 Å². The molecule has 7 heteroatoms. The van der Waals surface area contributed by atoms with Gasteiger partial charge in [-0.3, -0.25) is 4.79 Å². The number of hydrogen-bond acceptors (Lipinski definition) is 4. The number of nitrogens with zero attached hydrogens (tertiary/aromatic N) is 1. The third-order valence-electron chi connectivity index (χ3n) is 6.52. The Morgan fingerprint density at radius 1 is 1.09 bits per heavy atom. The molecule has 2 amide bonds. The van der Waals surface area contributed by atoms with Crippen LogP contribution in [-0.4, -0.2) is 54.2 Å². The number of carboxylic acid groups (broad SMARTS) is 1. The number of carbonyl (C=O) groups excluding carboxylic acids is 2. The second-order valence-corrected chi connectivity index (χ2v) is 8.52. The van der Waals surface area contributed by atoms with Gasteiger partial charge in [0.25, 0.3) is 0 Å². The molecule has 2 N–H and O–H groups in total. The van der Waals surface area contributed by atoms with E-state index in [1.165, 1.54) is 18.9 Å². The molecular weight excluding hydrogens is 408 g/mol. The summed E-state index contributed by atoms with van der Waals surface area (Å²) in [5, 5.41) is 11.9. The molecule has 0 spiro atoms. The molecule has 2 aromatic carbocycles. The Labute approximate surface area is 188 Å². The van der Waals surface area contributed by atoms with Crippen LogP contribution < -0.4 is 5.32 Å². The molecule has 0 saturated heterocycles. The maximum absolute atomic E-state index is 12.9. The molecule has 32 heavy (non-hydrogen) atoms. The van der Waals surface area contributed by atoms with E-state index in [0.29, 0.717) is 6.42 Å². The minimum atomic E-state index is -1.08. The van der Waals surface area contributed by atoms with Crippen molar-refractivity contribution in [3.63, 3.8) is 0 Å². The van der Waals surface area contributed by atoms with Gasteiger partial charge in [0.05, 0.1) is 5.41 Å². The van der Waals surface area contributed by atoms with E-state index in [1.54, 1.807) is 6.92 Å². The minimum absolute atomic E-state index is 0.0464. The highest BCUT2D eigenvalue weighted by atomic mass is 16.5. The molecule has 0 aromatic heterocycles. The number of nitrogens with one attached hydrogen (secondary N) is 1. The maximum Gasteiger partial charge on any atom is 0.407 e. The van der Waals surface area contributed by atoms with E-state index in [-0.39, 0.29) is 25.0 Å². The summed E-state index contributed by atoms with van der Waals surface area (Å²) in [7, 11) is 1.46. The van der Waals surface area contributed by atoms with E-state index in [9.17, 15) is 19.5 Å². The monoisotopic (exact) mass is 438 g/mol. The van der Waals surface area contributed by atoms with Gasteiger partial charge in [-0.2, -0.15) is 0 Å². The minimum Gasteiger partial charge on any atom is -0.480 e. The van der Waals surface area contributed by atoms with Gasteiger partial charge < -0.3 is 20.1 Å². The number of aliphatic carboxylic acids is 1. The number of alkyl carbamates (subject to hydrolysis) is 1. The Bertz CT molecular complexity index is 975. The van der Waals surface area contributed by atoms with Gasteiger partial charge in [-0.25, -0.2) is 9.59 Å². The Balaban J connectivity index is 1.63. The van der Waals surface area contributed by atoms with Crippen LogP contribution in [0.15, 0.2) is 48.5 Å². The summed E-state index contributed by atoms with van der Waals surface area (Å²) in [5.74, 6) is -1.47. The van der Waals surface area contributed by atoms with E-state index < -0.39 is 23.5 Å². The van der Waals surface area contributed by atoms with E-state index in [4.69, 9.17) is 4.74 Å². The topological polar surface area (TPSA) is 95.9 Å². The van der Waals surface area contributed by atoms with Crippen LogP contribution in [0.3, 0.4) is 0 Å². The van der Waals surface area contributed by atoms with Crippen molar-refractivity contribution in [3.8, 4) is 11.1 Å². The molecule has 0 saturated carbocycles. The van der Waals surface area contributed by atoms with Gasteiger partial charge in [-0.1, -0.05) is 55.5 Å². The third kappa shape index (κ3) is 4.47. The first-order valence-electron chi connectivity index (χ1n) is 10.8. The summed E-state index contributed by atoms with van der Waals surface area (Å²) in [5.41, 5.74) is 3.61. The summed E-state index contributed by atoms with van der Waals surface area (Å²) in [6.45, 7) is 5.23. The van der Waals surface area contributed by atoms with Crippen LogP contribution in [0.5, 0.6) is 0 Å². The summed E-state index contributed by atoms with van der Waals surface area (Å²) < 4.78 is 5.54. The fourth-order valence-electron chi connectivity index (χ4n) is 4.04. The standard InChI is InChI=1S/C25H30N2O5/c1-5-25(3,23(30)27(4)16(2)22(28)29)15-26-24(31)32-14-21-19-12-8-6-10-17(19)18-11-7-9-13-20(18)21/h6-13,16,21H,5,14-15H2,1-4H3,(H,26,31)(H,28,29)/t16-,25?/m0/s1. The zero-order chi connectivity index (χ0) is 23.5. The SMILES string of the molecule is CCC(C)(CNC(=O)OCC1c2ccccc2-c2ccccc21)C(=O)N(C)[C@@H](C)C(=O)O. The molecule has 0 radical (unpaired) electrons. The van der Waals surface area contributed by atoms with Gasteiger partial charge >= 0.3 is 12.1 Å². The Morgan fingerprint density at radius 3 is 2.12 bits per heavy atom. The number of hydrogen-bond donors (Lipinski definition) is 2. The zero-order valence-corrected chi connectivity index (χ0v) is 18.9. The lowest BCUT2D eigenvalue weighted by Gasteiger charge is -2.33. The van der Waals surface area contributed by atoms with Gasteiger partial charge in [0.15, 0.2) is 0 Å². The number of likely N-dealkylation sites (N-methyl/N-ethyl adjacent to an activating group) is 1. The number of carboxylic acids is 1. The first-order chi connectivity index (χ1) is 15.2. The Kier molecular flexibility index (Phi) is 6.87. The second-order valence-electron chi connectivity index (χ2n) is 8.52. The van der Waals surface area contributed by atoms with E-state index >= 15 is 0 Å². The number of carbonyl (C=O) groups is 3. The molecule has 0 heterocycles. The van der Waals surface area contributed by atoms with Crippen LogP contribution in [0, 0.1) is 5.41 Å². The highest BCUT2D eigenvalue weighted by molar-refractivity contribution is 5.87. The van der Waals surface area contributed by atoms with Crippen LogP contribution in [0.2, 0.25) is 0 Å². The number of rotatable bonds is 8. The maximum atomic E-state index is 12.9. The summed E-state index contributed by atoms with van der Waals surface area (Å²) in [6, 6.07) is 15.2. The summed E-state index contributed by atoms with van der Waals surface area (Å²) in [6.07, 6.45) is -0.167. The number of amides is 2. The fraction of sp³-hybridized carbons (Fsp3) is 0.400. The molecule has 0 aliphatic heterocycles. The van der Waals surface area contributed by atoms with Crippen LogP contribution in [0.1, 0.15) is 44.2 Å². The van der Waals surface area contributed by atoms with Crippen molar-refractivity contribution in [2.45, 2.75) is 39.2 Å². The molecule has 3 rings (SSSR count). The molecule has 7 nitrogen and oxygen atoms in total. The zero-order valence-electron chi connectivity index (χ0n) is 18.9. The predicted molar refractivity (Wildman–Crippen MR) is 121 cm³/mol. The first kappa shape index (κ1) is 23.3. The number of benzene rings is 2. The Hall–Kier alpha value is -3.35. The lowest BCUT2D eigenvalue weighted by Crippen LogP contribution is -2.51. The van der Waals surface area contributed by atoms with Gasteiger partial charge in [-0.15, -0.1) is 0 Å². The highest BCUT2D eigenvalue weighted by Crippen LogP contribution is 2.44. The lowest BCUT2D eigenvalue weighted by atomic mass is 9.85. The predicted octanol–water partition coefficient (Wildman–Crippen LogP) is 3.87. The second kappa shape index (κ2) is 9.42. The van der Waals surface area contributed by atoms with Gasteiger partial charge in [0.1, 0.15) is 12.6 Å². The van der Waals surface area contributed by atoms with E-state index in [0.717, 1.165) is 22.3 Å². The van der Waals surface area contributed by atoms with Crippen LogP contribution in [0.25, 0.3) is 11.1 Å². The normalized spacial score (nSPS) is 15.1. The molecule has 1 aliphatic rings. The molecule has 0 bridgehead atoms. The molecular formula is C25H30N2O5. The lowest BCUT2D eigenvalue weighted by molar-refractivity contribution is -0.152. The van der Waals surface area contributed by atoms with Gasteiger partial charge in [0, 0.05) is 19.5 Å². The third-order valence-corrected chi connectivity index (χ3v) is 6.52. The van der Waals surface area contributed by atoms with Crippen LogP contribution >= 0.6 is 0 Å². The van der Waals surface area contributed by atoms with E-state index in [2.05, 4.69) is 17.4 Å². The smallest absolute Gasteiger partial charge is 0.407 e. The quantitative estimate of drug-likeness (QED) is 0.652. The largest absolute Gasteiger partial charge is 0.480 e. The average molecular weight is 439 g/mol. The summed E-state index contributed by atoms with van der Waals surface area (Å²) >= 11 is 0. The van der Waals surface area contributed by atoms with E-state index in [1.807, 2.05) is 43.3 Å². The molecule has 1 unspecified atom stereocenters. The molecule has 2 aromatic rings. The first-order valence-corrected chi connectivity index (χ1v) is 10.8. The van der Waals surface area contributed by atoms with Crippen molar-refractivity contribution in [2.24, 2.45) is 5.41 Å². The van der Waals surface area contributed by atoms with Crippen molar-refractivity contribution in [1.29, 1.82) is 0 Å². The van der Waals surface area contributed by atoms with Gasteiger partial charge in [-0.05, 0) is 42.5 Å². The Morgan fingerprint density at radius 2 is 1.62 bits per heavy atom. The van der Waals surface area contributed by atoms with Crippen molar-refractivity contribution in [2.75, 3.05) is 20.2 Å². The summed E-state index contributed by atoms with van der Waals surface area (Å²) in [4.78, 5) is 37.8. The number of ether oxygens (including phenoxy) is 1. The average Bonchev–Trinajstić information content (AvgIpc) is 3.13.